The van der Waals surface area contributed by atoms with Crippen molar-refractivity contribution in [2.75, 3.05) is 18.5 Å². The summed E-state index contributed by atoms with van der Waals surface area (Å²) in [6, 6.07) is 14.1. The number of amides is 2. The molecular formula is C23H30N2O3. The lowest BCUT2D eigenvalue weighted by Crippen LogP contribution is -2.26. The van der Waals surface area contributed by atoms with E-state index in [2.05, 4.69) is 24.5 Å². The van der Waals surface area contributed by atoms with Crippen LogP contribution in [0.5, 0.6) is 5.75 Å². The van der Waals surface area contributed by atoms with Crippen molar-refractivity contribution in [1.29, 1.82) is 0 Å². The first-order valence-electron chi connectivity index (χ1n) is 10.1. The largest absolute Gasteiger partial charge is 0.494 e. The van der Waals surface area contributed by atoms with Crippen molar-refractivity contribution in [2.24, 2.45) is 0 Å². The second kappa shape index (κ2) is 11.8. The van der Waals surface area contributed by atoms with E-state index in [9.17, 15) is 9.59 Å². The van der Waals surface area contributed by atoms with Crippen LogP contribution in [0.2, 0.25) is 0 Å². The van der Waals surface area contributed by atoms with E-state index in [0.29, 0.717) is 30.0 Å². The minimum Gasteiger partial charge on any atom is -0.494 e. The number of para-hydroxylation sites is 1. The van der Waals surface area contributed by atoms with E-state index < -0.39 is 0 Å². The van der Waals surface area contributed by atoms with Crippen LogP contribution < -0.4 is 15.4 Å². The molecular weight excluding hydrogens is 352 g/mol. The summed E-state index contributed by atoms with van der Waals surface area (Å²) in [7, 11) is 0. The van der Waals surface area contributed by atoms with E-state index >= 15 is 0 Å². The number of rotatable bonds is 11. The zero-order valence-electron chi connectivity index (χ0n) is 16.8. The van der Waals surface area contributed by atoms with Crippen molar-refractivity contribution in [3.05, 3.63) is 59.7 Å². The third-order valence-electron chi connectivity index (χ3n) is 4.37. The average molecular weight is 383 g/mol. The van der Waals surface area contributed by atoms with Crippen molar-refractivity contribution in [1.82, 2.24) is 5.32 Å². The summed E-state index contributed by atoms with van der Waals surface area (Å²) in [6.07, 6.45) is 5.26. The summed E-state index contributed by atoms with van der Waals surface area (Å²) < 4.78 is 5.67. The Balaban J connectivity index is 1.98. The third kappa shape index (κ3) is 6.72. The number of anilines is 1. The maximum absolute atomic E-state index is 12.6. The Morgan fingerprint density at radius 1 is 0.857 bits per heavy atom. The van der Waals surface area contributed by atoms with E-state index in [0.717, 1.165) is 37.9 Å². The lowest BCUT2D eigenvalue weighted by Gasteiger charge is -2.12. The fourth-order valence-electron chi connectivity index (χ4n) is 2.70. The molecule has 2 amide bonds. The molecule has 0 bridgehead atoms. The Morgan fingerprint density at radius 3 is 2.29 bits per heavy atom. The van der Waals surface area contributed by atoms with Gasteiger partial charge in [0, 0.05) is 12.1 Å². The SMILES string of the molecule is CCCCCOc1ccc(C(=O)Nc2ccccc2C(=O)NCCCC)cc1. The van der Waals surface area contributed by atoms with Gasteiger partial charge in [0.25, 0.3) is 11.8 Å². The number of unbranched alkanes of at least 4 members (excludes halogenated alkanes) is 3. The van der Waals surface area contributed by atoms with E-state index in [-0.39, 0.29) is 11.8 Å². The molecule has 2 aromatic carbocycles. The van der Waals surface area contributed by atoms with Crippen molar-refractivity contribution < 1.29 is 14.3 Å². The van der Waals surface area contributed by atoms with E-state index in [1.165, 1.54) is 0 Å². The third-order valence-corrected chi connectivity index (χ3v) is 4.37. The molecule has 5 nitrogen and oxygen atoms in total. The molecule has 2 rings (SSSR count). The highest BCUT2D eigenvalue weighted by atomic mass is 16.5. The van der Waals surface area contributed by atoms with Gasteiger partial charge in [0.15, 0.2) is 0 Å². The van der Waals surface area contributed by atoms with Crippen LogP contribution in [0.25, 0.3) is 0 Å². The summed E-state index contributed by atoms with van der Waals surface area (Å²) >= 11 is 0. The molecule has 150 valence electrons. The molecule has 0 aliphatic heterocycles. The van der Waals surface area contributed by atoms with Gasteiger partial charge < -0.3 is 15.4 Å². The van der Waals surface area contributed by atoms with Crippen molar-refractivity contribution in [3.63, 3.8) is 0 Å². The van der Waals surface area contributed by atoms with Gasteiger partial charge in [-0.15, -0.1) is 0 Å². The highest BCUT2D eigenvalue weighted by molar-refractivity contribution is 6.09. The summed E-state index contributed by atoms with van der Waals surface area (Å²) in [4.78, 5) is 24.9. The number of hydrogen-bond acceptors (Lipinski definition) is 3. The minimum absolute atomic E-state index is 0.180. The smallest absolute Gasteiger partial charge is 0.255 e. The van der Waals surface area contributed by atoms with E-state index in [1.807, 2.05) is 0 Å². The zero-order valence-corrected chi connectivity index (χ0v) is 16.8. The maximum atomic E-state index is 12.6. The highest BCUT2D eigenvalue weighted by Gasteiger charge is 2.13. The Kier molecular flexibility index (Phi) is 9.05. The molecule has 2 N–H and O–H groups in total. The molecule has 0 saturated heterocycles. The molecule has 0 heterocycles. The first-order valence-corrected chi connectivity index (χ1v) is 10.1. The molecule has 0 saturated carbocycles. The zero-order chi connectivity index (χ0) is 20.2. The summed E-state index contributed by atoms with van der Waals surface area (Å²) in [5.41, 5.74) is 1.48. The summed E-state index contributed by atoms with van der Waals surface area (Å²) in [6.45, 7) is 5.53. The molecule has 0 fully saturated rings. The van der Waals surface area contributed by atoms with E-state index in [4.69, 9.17) is 4.74 Å². The van der Waals surface area contributed by atoms with Gasteiger partial charge in [0.2, 0.25) is 0 Å². The summed E-state index contributed by atoms with van der Waals surface area (Å²) in [5.74, 6) is 0.315. The predicted octanol–water partition coefficient (Wildman–Crippen LogP) is 5.04. The maximum Gasteiger partial charge on any atom is 0.255 e. The normalized spacial score (nSPS) is 10.4. The van der Waals surface area contributed by atoms with Crippen LogP contribution in [-0.2, 0) is 0 Å². The monoisotopic (exact) mass is 382 g/mol. The van der Waals surface area contributed by atoms with E-state index in [1.54, 1.807) is 48.5 Å². The fourth-order valence-corrected chi connectivity index (χ4v) is 2.70. The lowest BCUT2D eigenvalue weighted by atomic mass is 10.1. The molecule has 0 radical (unpaired) electrons. The molecule has 0 unspecified atom stereocenters. The van der Waals surface area contributed by atoms with Crippen LogP contribution in [0.3, 0.4) is 0 Å². The first-order chi connectivity index (χ1) is 13.7. The van der Waals surface area contributed by atoms with Crippen LogP contribution in [0, 0.1) is 0 Å². The number of nitrogens with one attached hydrogen (secondary N) is 2. The Hall–Kier alpha value is -2.82. The highest BCUT2D eigenvalue weighted by Crippen LogP contribution is 2.18. The van der Waals surface area contributed by atoms with Crippen molar-refractivity contribution in [3.8, 4) is 5.75 Å². The number of benzene rings is 2. The number of carbonyl (C=O) groups is 2. The van der Waals surface area contributed by atoms with Crippen LogP contribution >= 0.6 is 0 Å². The van der Waals surface area contributed by atoms with Crippen LogP contribution in [0.15, 0.2) is 48.5 Å². The molecule has 0 aliphatic rings. The van der Waals surface area contributed by atoms with Gasteiger partial charge in [-0.05, 0) is 49.2 Å². The molecule has 0 aromatic heterocycles. The lowest BCUT2D eigenvalue weighted by molar-refractivity contribution is 0.0954. The van der Waals surface area contributed by atoms with Crippen molar-refractivity contribution in [2.45, 2.75) is 46.0 Å². The molecule has 28 heavy (non-hydrogen) atoms. The average Bonchev–Trinajstić information content (AvgIpc) is 2.72. The van der Waals surface area contributed by atoms with Crippen LogP contribution in [0.1, 0.15) is 66.7 Å². The van der Waals surface area contributed by atoms with Gasteiger partial charge in [0.05, 0.1) is 17.9 Å². The fraction of sp³-hybridized carbons (Fsp3) is 0.391. The second-order valence-corrected chi connectivity index (χ2v) is 6.69. The topological polar surface area (TPSA) is 67.4 Å². The molecule has 0 spiro atoms. The number of ether oxygens (including phenoxy) is 1. The first kappa shape index (κ1) is 21.5. The Labute approximate surface area is 167 Å². The molecule has 2 aromatic rings. The van der Waals surface area contributed by atoms with Gasteiger partial charge in [-0.2, -0.15) is 0 Å². The number of hydrogen-bond donors (Lipinski definition) is 2. The standard InChI is InChI=1S/C23H30N2O3/c1-3-5-9-17-28-19-14-12-18(13-15-19)22(26)25-21-11-8-7-10-20(21)23(27)24-16-6-4-2/h7-8,10-15H,3-6,9,16-17H2,1-2H3,(H,24,27)(H,25,26). The van der Waals surface area contributed by atoms with Gasteiger partial charge in [0.1, 0.15) is 5.75 Å². The summed E-state index contributed by atoms with van der Waals surface area (Å²) in [5, 5.41) is 5.72. The van der Waals surface area contributed by atoms with Gasteiger partial charge in [-0.1, -0.05) is 45.2 Å². The quantitative estimate of drug-likeness (QED) is 0.535. The Morgan fingerprint density at radius 2 is 1.57 bits per heavy atom. The van der Waals surface area contributed by atoms with Crippen molar-refractivity contribution >= 4 is 17.5 Å². The van der Waals surface area contributed by atoms with Crippen LogP contribution in [-0.4, -0.2) is 25.0 Å². The molecule has 5 heteroatoms. The molecule has 0 atom stereocenters. The predicted molar refractivity (Wildman–Crippen MR) is 113 cm³/mol. The van der Waals surface area contributed by atoms with Crippen LogP contribution in [0.4, 0.5) is 5.69 Å². The Bertz CT molecular complexity index is 757. The van der Waals surface area contributed by atoms with Gasteiger partial charge in [-0.25, -0.2) is 0 Å². The van der Waals surface area contributed by atoms with Gasteiger partial charge >= 0.3 is 0 Å². The molecule has 0 aliphatic carbocycles. The minimum atomic E-state index is -0.258. The van der Waals surface area contributed by atoms with Gasteiger partial charge in [-0.3, -0.25) is 9.59 Å². The second-order valence-electron chi connectivity index (χ2n) is 6.69. The number of carbonyl (C=O) groups excluding carboxylic acids is 2.